The van der Waals surface area contributed by atoms with Gasteiger partial charge in [-0.1, -0.05) is 17.3 Å². The van der Waals surface area contributed by atoms with E-state index in [1.807, 2.05) is 32.0 Å². The third-order valence-corrected chi connectivity index (χ3v) is 3.88. The molecular formula is C18H19N5O2. The number of nitrogens with one attached hydrogen (secondary N) is 1. The Morgan fingerprint density at radius 1 is 1.16 bits per heavy atom. The van der Waals surface area contributed by atoms with Crippen LogP contribution >= 0.6 is 0 Å². The summed E-state index contributed by atoms with van der Waals surface area (Å²) in [7, 11) is 1.59. The molecule has 2 aromatic carbocycles. The minimum Gasteiger partial charge on any atom is -0.497 e. The predicted molar refractivity (Wildman–Crippen MR) is 96.2 cm³/mol. The number of hydrogen-bond donors (Lipinski definition) is 2. The van der Waals surface area contributed by atoms with Crippen LogP contribution in [0.2, 0.25) is 0 Å². The molecule has 25 heavy (non-hydrogen) atoms. The number of benzene rings is 2. The maximum atomic E-state index is 12.5. The maximum absolute atomic E-state index is 12.5. The van der Waals surface area contributed by atoms with Crippen molar-refractivity contribution in [1.29, 1.82) is 0 Å². The van der Waals surface area contributed by atoms with Gasteiger partial charge in [0.05, 0.1) is 12.8 Å². The summed E-state index contributed by atoms with van der Waals surface area (Å²) in [5, 5.41) is 10.7. The van der Waals surface area contributed by atoms with Gasteiger partial charge >= 0.3 is 0 Å². The average Bonchev–Trinajstić information content (AvgIpc) is 3.00. The first-order chi connectivity index (χ1) is 12.0. The van der Waals surface area contributed by atoms with Crippen molar-refractivity contribution in [3.63, 3.8) is 0 Å². The standard InChI is InChI=1S/C18H19N5O2/c1-11-4-5-12(2)15(10-11)20-18(24)16-17(19)23(22-21-16)13-6-8-14(25-3)9-7-13/h4-10H,19H2,1-3H3,(H,20,24). The second kappa shape index (κ2) is 6.64. The summed E-state index contributed by atoms with van der Waals surface area (Å²) >= 11 is 0. The van der Waals surface area contributed by atoms with Crippen molar-refractivity contribution in [3.05, 3.63) is 59.3 Å². The Kier molecular flexibility index (Phi) is 4.38. The van der Waals surface area contributed by atoms with E-state index in [0.29, 0.717) is 5.69 Å². The summed E-state index contributed by atoms with van der Waals surface area (Å²) in [6, 6.07) is 13.0. The number of rotatable bonds is 4. The third kappa shape index (κ3) is 3.30. The van der Waals surface area contributed by atoms with Gasteiger partial charge in [0.15, 0.2) is 11.5 Å². The van der Waals surface area contributed by atoms with Gasteiger partial charge < -0.3 is 15.8 Å². The molecule has 0 bridgehead atoms. The molecule has 0 atom stereocenters. The van der Waals surface area contributed by atoms with Gasteiger partial charge in [-0.2, -0.15) is 4.68 Å². The van der Waals surface area contributed by atoms with E-state index in [-0.39, 0.29) is 11.5 Å². The van der Waals surface area contributed by atoms with Crippen LogP contribution in [-0.4, -0.2) is 28.0 Å². The van der Waals surface area contributed by atoms with Crippen molar-refractivity contribution in [2.24, 2.45) is 0 Å². The zero-order chi connectivity index (χ0) is 18.0. The zero-order valence-corrected chi connectivity index (χ0v) is 14.3. The van der Waals surface area contributed by atoms with Crippen LogP contribution in [0.3, 0.4) is 0 Å². The number of nitrogen functional groups attached to an aromatic ring is 1. The number of anilines is 2. The van der Waals surface area contributed by atoms with Crippen LogP contribution in [0.15, 0.2) is 42.5 Å². The van der Waals surface area contributed by atoms with Crippen molar-refractivity contribution in [3.8, 4) is 11.4 Å². The molecule has 0 unspecified atom stereocenters. The van der Waals surface area contributed by atoms with E-state index in [2.05, 4.69) is 15.6 Å². The number of carbonyl (C=O) groups excluding carboxylic acids is 1. The molecule has 0 fully saturated rings. The summed E-state index contributed by atoms with van der Waals surface area (Å²) in [5.74, 6) is 0.495. The largest absolute Gasteiger partial charge is 0.497 e. The number of carbonyl (C=O) groups is 1. The van der Waals surface area contributed by atoms with Crippen LogP contribution < -0.4 is 15.8 Å². The molecule has 0 saturated carbocycles. The Bertz CT molecular complexity index is 916. The summed E-state index contributed by atoms with van der Waals surface area (Å²) in [6.07, 6.45) is 0. The van der Waals surface area contributed by atoms with E-state index < -0.39 is 5.91 Å². The quantitative estimate of drug-likeness (QED) is 0.763. The molecular weight excluding hydrogens is 318 g/mol. The van der Waals surface area contributed by atoms with Crippen molar-refractivity contribution in [1.82, 2.24) is 15.0 Å². The summed E-state index contributed by atoms with van der Waals surface area (Å²) in [4.78, 5) is 12.5. The first-order valence-electron chi connectivity index (χ1n) is 7.74. The molecule has 3 N–H and O–H groups in total. The lowest BCUT2D eigenvalue weighted by molar-refractivity contribution is 0.102. The number of aryl methyl sites for hydroxylation is 2. The fourth-order valence-electron chi connectivity index (χ4n) is 2.42. The smallest absolute Gasteiger partial charge is 0.280 e. The van der Waals surface area contributed by atoms with Gasteiger partial charge in [-0.15, -0.1) is 5.10 Å². The molecule has 3 aromatic rings. The minimum absolute atomic E-state index is 0.0803. The van der Waals surface area contributed by atoms with Gasteiger partial charge in [0.25, 0.3) is 5.91 Å². The molecule has 7 heteroatoms. The van der Waals surface area contributed by atoms with Crippen molar-refractivity contribution in [2.45, 2.75) is 13.8 Å². The molecule has 0 saturated heterocycles. The zero-order valence-electron chi connectivity index (χ0n) is 14.3. The Morgan fingerprint density at radius 2 is 1.88 bits per heavy atom. The van der Waals surface area contributed by atoms with Crippen LogP contribution in [0.5, 0.6) is 5.75 Å². The van der Waals surface area contributed by atoms with E-state index in [1.54, 1.807) is 31.4 Å². The molecule has 0 radical (unpaired) electrons. The minimum atomic E-state index is -0.397. The molecule has 3 rings (SSSR count). The number of nitrogens with zero attached hydrogens (tertiary/aromatic N) is 3. The van der Waals surface area contributed by atoms with E-state index in [1.165, 1.54) is 4.68 Å². The SMILES string of the molecule is COc1ccc(-n2nnc(C(=O)Nc3cc(C)ccc3C)c2N)cc1. The van der Waals surface area contributed by atoms with Gasteiger partial charge in [-0.25, -0.2) is 0 Å². The lowest BCUT2D eigenvalue weighted by Crippen LogP contribution is -2.15. The lowest BCUT2D eigenvalue weighted by atomic mass is 10.1. The number of aromatic nitrogens is 3. The number of amides is 1. The van der Waals surface area contributed by atoms with Crippen LogP contribution in [0, 0.1) is 13.8 Å². The highest BCUT2D eigenvalue weighted by atomic mass is 16.5. The van der Waals surface area contributed by atoms with E-state index >= 15 is 0 Å². The van der Waals surface area contributed by atoms with Gasteiger partial charge in [0.2, 0.25) is 0 Å². The first-order valence-corrected chi connectivity index (χ1v) is 7.74. The molecule has 128 valence electrons. The second-order valence-electron chi connectivity index (χ2n) is 5.71. The lowest BCUT2D eigenvalue weighted by Gasteiger charge is -2.08. The summed E-state index contributed by atoms with van der Waals surface area (Å²) in [5.41, 5.74) is 9.58. The van der Waals surface area contributed by atoms with Gasteiger partial charge in [-0.3, -0.25) is 4.79 Å². The fraction of sp³-hybridized carbons (Fsp3) is 0.167. The Hall–Kier alpha value is -3.35. The number of ether oxygens (including phenoxy) is 1. The average molecular weight is 337 g/mol. The van der Waals surface area contributed by atoms with Crippen molar-refractivity contribution in [2.75, 3.05) is 18.2 Å². The molecule has 0 aliphatic carbocycles. The van der Waals surface area contributed by atoms with Gasteiger partial charge in [0, 0.05) is 5.69 Å². The summed E-state index contributed by atoms with van der Waals surface area (Å²) in [6.45, 7) is 3.88. The molecule has 0 aliphatic heterocycles. The van der Waals surface area contributed by atoms with E-state index in [0.717, 1.165) is 22.6 Å². The molecule has 0 aliphatic rings. The third-order valence-electron chi connectivity index (χ3n) is 3.88. The Morgan fingerprint density at radius 3 is 2.56 bits per heavy atom. The molecule has 7 nitrogen and oxygen atoms in total. The monoisotopic (exact) mass is 337 g/mol. The van der Waals surface area contributed by atoms with Crippen LogP contribution in [-0.2, 0) is 0 Å². The van der Waals surface area contributed by atoms with E-state index in [4.69, 9.17) is 10.5 Å². The van der Waals surface area contributed by atoms with Crippen LogP contribution in [0.25, 0.3) is 5.69 Å². The molecule has 1 aromatic heterocycles. The molecule has 0 spiro atoms. The van der Waals surface area contributed by atoms with Crippen molar-refractivity contribution >= 4 is 17.4 Å². The van der Waals surface area contributed by atoms with Crippen LogP contribution in [0.4, 0.5) is 11.5 Å². The highest BCUT2D eigenvalue weighted by molar-refractivity contribution is 6.06. The Labute approximate surface area is 145 Å². The number of hydrogen-bond acceptors (Lipinski definition) is 5. The number of methoxy groups -OCH3 is 1. The Balaban J connectivity index is 1.87. The fourth-order valence-corrected chi connectivity index (χ4v) is 2.42. The van der Waals surface area contributed by atoms with Crippen molar-refractivity contribution < 1.29 is 9.53 Å². The predicted octanol–water partition coefficient (Wildman–Crippen LogP) is 2.73. The van der Waals surface area contributed by atoms with Gasteiger partial charge in [0.1, 0.15) is 5.75 Å². The molecule has 1 heterocycles. The topological polar surface area (TPSA) is 95.1 Å². The van der Waals surface area contributed by atoms with Gasteiger partial charge in [-0.05, 0) is 55.3 Å². The van der Waals surface area contributed by atoms with Crippen LogP contribution in [0.1, 0.15) is 21.6 Å². The number of nitrogens with two attached hydrogens (primary N) is 1. The molecule has 1 amide bonds. The normalized spacial score (nSPS) is 10.5. The highest BCUT2D eigenvalue weighted by Gasteiger charge is 2.19. The summed E-state index contributed by atoms with van der Waals surface area (Å²) < 4.78 is 6.54. The highest BCUT2D eigenvalue weighted by Crippen LogP contribution is 2.21. The van der Waals surface area contributed by atoms with E-state index in [9.17, 15) is 4.79 Å². The maximum Gasteiger partial charge on any atom is 0.280 e. The second-order valence-corrected chi connectivity index (χ2v) is 5.71. The first kappa shape index (κ1) is 16.5.